The number of carbonyl (C=O) groups excluding carboxylic acids is 1. The van der Waals surface area contributed by atoms with Crippen LogP contribution in [0.25, 0.3) is 0 Å². The minimum Gasteiger partial charge on any atom is -0.355 e. The Balaban J connectivity index is 1.76. The fraction of sp³-hybridized carbons (Fsp3) is 0.929. The SMILES string of the molecule is CC1(C(=O)NCC2CCC(Br)C2)CCCCC1. The third kappa shape index (κ3) is 3.46. The summed E-state index contributed by atoms with van der Waals surface area (Å²) in [6.07, 6.45) is 9.63. The van der Waals surface area contributed by atoms with Crippen LogP contribution in [0, 0.1) is 11.3 Å². The summed E-state index contributed by atoms with van der Waals surface area (Å²) in [7, 11) is 0. The van der Waals surface area contributed by atoms with Crippen molar-refractivity contribution in [3.8, 4) is 0 Å². The lowest BCUT2D eigenvalue weighted by Gasteiger charge is -2.32. The lowest BCUT2D eigenvalue weighted by atomic mass is 9.75. The summed E-state index contributed by atoms with van der Waals surface area (Å²) in [5.74, 6) is 0.991. The number of hydrogen-bond donors (Lipinski definition) is 1. The van der Waals surface area contributed by atoms with Gasteiger partial charge in [0.2, 0.25) is 5.91 Å². The van der Waals surface area contributed by atoms with Crippen molar-refractivity contribution >= 4 is 21.8 Å². The molecule has 2 atom stereocenters. The average molecular weight is 302 g/mol. The molecule has 2 saturated carbocycles. The third-order valence-electron chi connectivity index (χ3n) is 4.53. The van der Waals surface area contributed by atoms with Crippen molar-refractivity contribution in [2.75, 3.05) is 6.54 Å². The van der Waals surface area contributed by atoms with Gasteiger partial charge in [-0.15, -0.1) is 0 Å². The summed E-state index contributed by atoms with van der Waals surface area (Å²) in [5, 5.41) is 3.20. The molecule has 0 aromatic heterocycles. The molecule has 0 aromatic rings. The number of alkyl halides is 1. The van der Waals surface area contributed by atoms with E-state index in [4.69, 9.17) is 0 Å². The lowest BCUT2D eigenvalue weighted by molar-refractivity contribution is -0.132. The zero-order valence-corrected chi connectivity index (χ0v) is 12.4. The molecule has 3 heteroatoms. The molecule has 0 radical (unpaired) electrons. The molecule has 0 aromatic carbocycles. The summed E-state index contributed by atoms with van der Waals surface area (Å²) in [6, 6.07) is 0. The maximum absolute atomic E-state index is 12.2. The minimum atomic E-state index is -0.0787. The van der Waals surface area contributed by atoms with Gasteiger partial charge < -0.3 is 5.32 Å². The molecule has 2 unspecified atom stereocenters. The first-order valence-corrected chi connectivity index (χ1v) is 7.94. The van der Waals surface area contributed by atoms with Crippen molar-refractivity contribution in [1.29, 1.82) is 0 Å². The van der Waals surface area contributed by atoms with Gasteiger partial charge in [0, 0.05) is 16.8 Å². The van der Waals surface area contributed by atoms with E-state index < -0.39 is 0 Å². The van der Waals surface area contributed by atoms with Gasteiger partial charge in [-0.05, 0) is 38.0 Å². The standard InChI is InChI=1S/C14H24BrNO/c1-14(7-3-2-4-8-14)13(17)16-10-11-5-6-12(15)9-11/h11-12H,2-10H2,1H3,(H,16,17). The van der Waals surface area contributed by atoms with E-state index in [9.17, 15) is 4.79 Å². The molecule has 98 valence electrons. The topological polar surface area (TPSA) is 29.1 Å². The van der Waals surface area contributed by atoms with E-state index in [2.05, 4.69) is 28.2 Å². The molecule has 2 rings (SSSR count). The Morgan fingerprint density at radius 1 is 1.29 bits per heavy atom. The summed E-state index contributed by atoms with van der Waals surface area (Å²) in [6.45, 7) is 3.03. The second-order valence-electron chi connectivity index (χ2n) is 6.11. The normalized spacial score (nSPS) is 32.4. The van der Waals surface area contributed by atoms with Crippen molar-refractivity contribution in [1.82, 2.24) is 5.32 Å². The Bertz CT molecular complexity index is 273. The number of halogens is 1. The largest absolute Gasteiger partial charge is 0.355 e. The molecule has 0 bridgehead atoms. The summed E-state index contributed by atoms with van der Waals surface area (Å²) >= 11 is 3.66. The summed E-state index contributed by atoms with van der Waals surface area (Å²) in [5.41, 5.74) is -0.0787. The third-order valence-corrected chi connectivity index (χ3v) is 5.37. The minimum absolute atomic E-state index is 0.0787. The molecule has 2 fully saturated rings. The first kappa shape index (κ1) is 13.4. The number of carbonyl (C=O) groups is 1. The van der Waals surface area contributed by atoms with Crippen molar-refractivity contribution < 1.29 is 4.79 Å². The highest BCUT2D eigenvalue weighted by molar-refractivity contribution is 9.09. The Morgan fingerprint density at radius 2 is 2.00 bits per heavy atom. The van der Waals surface area contributed by atoms with E-state index in [1.165, 1.54) is 38.5 Å². The van der Waals surface area contributed by atoms with E-state index in [1.807, 2.05) is 0 Å². The first-order valence-electron chi connectivity index (χ1n) is 7.02. The molecule has 1 amide bonds. The van der Waals surface area contributed by atoms with E-state index in [0.717, 1.165) is 19.4 Å². The smallest absolute Gasteiger partial charge is 0.225 e. The van der Waals surface area contributed by atoms with Crippen LogP contribution in [0.3, 0.4) is 0 Å². The first-order chi connectivity index (χ1) is 8.10. The Morgan fingerprint density at radius 3 is 2.59 bits per heavy atom. The van der Waals surface area contributed by atoms with Crippen LogP contribution in [0.15, 0.2) is 0 Å². The number of hydrogen-bond acceptors (Lipinski definition) is 1. The second kappa shape index (κ2) is 5.73. The maximum Gasteiger partial charge on any atom is 0.225 e. The van der Waals surface area contributed by atoms with Gasteiger partial charge in [0.15, 0.2) is 0 Å². The molecule has 0 spiro atoms. The molecular weight excluding hydrogens is 278 g/mol. The van der Waals surface area contributed by atoms with Crippen molar-refractivity contribution in [2.45, 2.75) is 63.1 Å². The van der Waals surface area contributed by atoms with Crippen molar-refractivity contribution in [3.05, 3.63) is 0 Å². The Kier molecular flexibility index (Phi) is 4.51. The van der Waals surface area contributed by atoms with Gasteiger partial charge in [0.25, 0.3) is 0 Å². The maximum atomic E-state index is 12.2. The van der Waals surface area contributed by atoms with Crippen LogP contribution in [0.1, 0.15) is 58.3 Å². The molecule has 2 aliphatic carbocycles. The second-order valence-corrected chi connectivity index (χ2v) is 7.40. The highest BCUT2D eigenvalue weighted by atomic mass is 79.9. The van der Waals surface area contributed by atoms with Crippen LogP contribution in [0.5, 0.6) is 0 Å². The number of nitrogens with one attached hydrogen (secondary N) is 1. The van der Waals surface area contributed by atoms with Crippen molar-refractivity contribution in [3.63, 3.8) is 0 Å². The molecule has 0 saturated heterocycles. The highest BCUT2D eigenvalue weighted by Gasteiger charge is 2.34. The highest BCUT2D eigenvalue weighted by Crippen LogP contribution is 2.36. The zero-order chi connectivity index (χ0) is 12.3. The van der Waals surface area contributed by atoms with Crippen LogP contribution in [-0.2, 0) is 4.79 Å². The van der Waals surface area contributed by atoms with Crippen LogP contribution < -0.4 is 5.32 Å². The Hall–Kier alpha value is -0.0500. The van der Waals surface area contributed by atoms with Crippen LogP contribution in [0.2, 0.25) is 0 Å². The predicted molar refractivity (Wildman–Crippen MR) is 74.3 cm³/mol. The van der Waals surface area contributed by atoms with Crippen LogP contribution in [-0.4, -0.2) is 17.3 Å². The number of rotatable bonds is 3. The molecule has 2 nitrogen and oxygen atoms in total. The molecule has 0 heterocycles. The van der Waals surface area contributed by atoms with Gasteiger partial charge in [0.1, 0.15) is 0 Å². The van der Waals surface area contributed by atoms with E-state index in [-0.39, 0.29) is 5.41 Å². The van der Waals surface area contributed by atoms with Crippen LogP contribution >= 0.6 is 15.9 Å². The van der Waals surface area contributed by atoms with Crippen molar-refractivity contribution in [2.24, 2.45) is 11.3 Å². The van der Waals surface area contributed by atoms with Gasteiger partial charge >= 0.3 is 0 Å². The van der Waals surface area contributed by atoms with E-state index in [0.29, 0.717) is 16.7 Å². The van der Waals surface area contributed by atoms with E-state index in [1.54, 1.807) is 0 Å². The zero-order valence-electron chi connectivity index (χ0n) is 10.8. The molecule has 17 heavy (non-hydrogen) atoms. The molecule has 2 aliphatic rings. The van der Waals surface area contributed by atoms with Gasteiger partial charge in [-0.3, -0.25) is 4.79 Å². The lowest BCUT2D eigenvalue weighted by Crippen LogP contribution is -2.41. The van der Waals surface area contributed by atoms with E-state index >= 15 is 0 Å². The van der Waals surface area contributed by atoms with Gasteiger partial charge in [-0.25, -0.2) is 0 Å². The fourth-order valence-electron chi connectivity index (χ4n) is 3.21. The van der Waals surface area contributed by atoms with Crippen LogP contribution in [0.4, 0.5) is 0 Å². The van der Waals surface area contributed by atoms with Gasteiger partial charge in [0.05, 0.1) is 0 Å². The molecule has 1 N–H and O–H groups in total. The van der Waals surface area contributed by atoms with Gasteiger partial charge in [-0.2, -0.15) is 0 Å². The summed E-state index contributed by atoms with van der Waals surface area (Å²) < 4.78 is 0. The fourth-order valence-corrected chi connectivity index (χ4v) is 4.00. The number of amides is 1. The predicted octanol–water partition coefficient (Wildman–Crippen LogP) is 3.64. The average Bonchev–Trinajstić information content (AvgIpc) is 2.73. The van der Waals surface area contributed by atoms with Gasteiger partial charge in [-0.1, -0.05) is 42.1 Å². The molecular formula is C14H24BrNO. The summed E-state index contributed by atoms with van der Waals surface area (Å²) in [4.78, 5) is 12.9. The Labute approximate surface area is 113 Å². The quantitative estimate of drug-likeness (QED) is 0.792. The monoisotopic (exact) mass is 301 g/mol. The molecule has 0 aliphatic heterocycles.